The summed E-state index contributed by atoms with van der Waals surface area (Å²) in [6, 6.07) is 5.53. The van der Waals surface area contributed by atoms with Crippen LogP contribution in [0.2, 0.25) is 0 Å². The molecule has 2 N–H and O–H groups in total. The molecule has 0 aliphatic carbocycles. The SMILES string of the molecule is CCC(N)C(c1ccc(Br)s1)N1CCSC(C)C1C. The molecule has 0 radical (unpaired) electrons. The van der Waals surface area contributed by atoms with Crippen molar-refractivity contribution in [1.82, 2.24) is 4.90 Å². The van der Waals surface area contributed by atoms with Crippen LogP contribution in [0.15, 0.2) is 15.9 Å². The highest BCUT2D eigenvalue weighted by Crippen LogP contribution is 2.37. The fourth-order valence-corrected chi connectivity index (χ4v) is 5.42. The summed E-state index contributed by atoms with van der Waals surface area (Å²) in [5.41, 5.74) is 6.44. The minimum atomic E-state index is 0.211. The molecule has 1 saturated heterocycles. The molecule has 1 aliphatic rings. The Morgan fingerprint density at radius 3 is 2.79 bits per heavy atom. The Labute approximate surface area is 133 Å². The van der Waals surface area contributed by atoms with E-state index in [0.717, 1.165) is 13.0 Å². The van der Waals surface area contributed by atoms with E-state index in [-0.39, 0.29) is 6.04 Å². The van der Waals surface area contributed by atoms with Crippen LogP contribution in [0.3, 0.4) is 0 Å². The number of nitrogens with two attached hydrogens (primary N) is 1. The molecule has 19 heavy (non-hydrogen) atoms. The van der Waals surface area contributed by atoms with E-state index in [1.807, 2.05) is 11.3 Å². The second-order valence-corrected chi connectivity index (χ2v) is 9.19. The van der Waals surface area contributed by atoms with Crippen LogP contribution in [0, 0.1) is 0 Å². The van der Waals surface area contributed by atoms with Crippen LogP contribution >= 0.6 is 39.0 Å². The molecule has 0 amide bonds. The Morgan fingerprint density at radius 2 is 2.21 bits per heavy atom. The van der Waals surface area contributed by atoms with E-state index in [4.69, 9.17) is 5.73 Å². The zero-order valence-corrected chi connectivity index (χ0v) is 15.0. The van der Waals surface area contributed by atoms with Crippen molar-refractivity contribution in [2.24, 2.45) is 5.73 Å². The van der Waals surface area contributed by atoms with Crippen LogP contribution in [-0.4, -0.2) is 34.5 Å². The molecule has 2 nitrogen and oxygen atoms in total. The maximum absolute atomic E-state index is 6.44. The number of halogens is 1. The molecular weight excluding hydrogens is 340 g/mol. The van der Waals surface area contributed by atoms with Gasteiger partial charge in [-0.25, -0.2) is 0 Å². The van der Waals surface area contributed by atoms with E-state index >= 15 is 0 Å². The largest absolute Gasteiger partial charge is 0.326 e. The minimum Gasteiger partial charge on any atom is -0.326 e. The van der Waals surface area contributed by atoms with Gasteiger partial charge in [0.2, 0.25) is 0 Å². The van der Waals surface area contributed by atoms with Crippen molar-refractivity contribution in [2.45, 2.75) is 50.6 Å². The topological polar surface area (TPSA) is 29.3 Å². The molecule has 1 aromatic heterocycles. The average molecular weight is 363 g/mol. The van der Waals surface area contributed by atoms with Gasteiger partial charge in [0.15, 0.2) is 0 Å². The van der Waals surface area contributed by atoms with E-state index < -0.39 is 0 Å². The fourth-order valence-electron chi connectivity index (χ4n) is 2.68. The van der Waals surface area contributed by atoms with E-state index in [0.29, 0.717) is 17.3 Å². The summed E-state index contributed by atoms with van der Waals surface area (Å²) in [5.74, 6) is 1.21. The van der Waals surface area contributed by atoms with Crippen molar-refractivity contribution in [3.05, 3.63) is 20.8 Å². The van der Waals surface area contributed by atoms with E-state index in [1.165, 1.54) is 14.4 Å². The molecule has 0 saturated carbocycles. The third-order valence-corrected chi connectivity index (χ3v) is 7.08. The van der Waals surface area contributed by atoms with Crippen molar-refractivity contribution < 1.29 is 0 Å². The Hall–Kier alpha value is 0.450. The van der Waals surface area contributed by atoms with E-state index in [9.17, 15) is 0 Å². The molecule has 2 heterocycles. The monoisotopic (exact) mass is 362 g/mol. The van der Waals surface area contributed by atoms with E-state index in [1.54, 1.807) is 0 Å². The van der Waals surface area contributed by atoms with Gasteiger partial charge in [-0.1, -0.05) is 13.8 Å². The van der Waals surface area contributed by atoms with E-state index in [2.05, 4.69) is 65.5 Å². The average Bonchev–Trinajstić information content (AvgIpc) is 2.81. The third kappa shape index (κ3) is 3.56. The maximum Gasteiger partial charge on any atom is 0.0702 e. The molecule has 5 heteroatoms. The highest BCUT2D eigenvalue weighted by molar-refractivity contribution is 9.11. The second kappa shape index (κ2) is 6.94. The number of thiophene rings is 1. The number of nitrogens with zero attached hydrogens (tertiary/aromatic N) is 1. The first-order chi connectivity index (χ1) is 9.04. The summed E-state index contributed by atoms with van der Waals surface area (Å²) in [6.07, 6.45) is 1.02. The van der Waals surface area contributed by atoms with Gasteiger partial charge in [-0.2, -0.15) is 11.8 Å². The quantitative estimate of drug-likeness (QED) is 0.873. The third-order valence-electron chi connectivity index (χ3n) is 4.05. The molecule has 0 spiro atoms. The first kappa shape index (κ1) is 15.8. The molecule has 0 aromatic carbocycles. The zero-order chi connectivity index (χ0) is 14.0. The number of hydrogen-bond acceptors (Lipinski definition) is 4. The Balaban J connectivity index is 2.27. The van der Waals surface area contributed by atoms with Crippen LogP contribution in [-0.2, 0) is 0 Å². The van der Waals surface area contributed by atoms with Crippen LogP contribution in [0.4, 0.5) is 0 Å². The van der Waals surface area contributed by atoms with Gasteiger partial charge in [-0.15, -0.1) is 11.3 Å². The highest BCUT2D eigenvalue weighted by Gasteiger charge is 2.34. The summed E-state index contributed by atoms with van der Waals surface area (Å²) < 4.78 is 1.20. The summed E-state index contributed by atoms with van der Waals surface area (Å²) in [7, 11) is 0. The lowest BCUT2D eigenvalue weighted by atomic mass is 10.00. The van der Waals surface area contributed by atoms with Gasteiger partial charge in [0, 0.05) is 34.5 Å². The molecule has 108 valence electrons. The van der Waals surface area contributed by atoms with Gasteiger partial charge in [-0.05, 0) is 41.4 Å². The van der Waals surface area contributed by atoms with Crippen LogP contribution in [0.25, 0.3) is 0 Å². The molecular formula is C14H23BrN2S2. The van der Waals surface area contributed by atoms with Crippen molar-refractivity contribution in [3.8, 4) is 0 Å². The minimum absolute atomic E-state index is 0.211. The predicted molar refractivity (Wildman–Crippen MR) is 91.1 cm³/mol. The first-order valence-corrected chi connectivity index (χ1v) is 9.58. The molecule has 4 atom stereocenters. The lowest BCUT2D eigenvalue weighted by Gasteiger charge is -2.44. The molecule has 2 rings (SSSR count). The smallest absolute Gasteiger partial charge is 0.0702 e. The van der Waals surface area contributed by atoms with Gasteiger partial charge in [0.25, 0.3) is 0 Å². The van der Waals surface area contributed by atoms with Crippen LogP contribution in [0.1, 0.15) is 38.1 Å². The highest BCUT2D eigenvalue weighted by atomic mass is 79.9. The Morgan fingerprint density at radius 1 is 1.47 bits per heavy atom. The molecule has 1 aliphatic heterocycles. The van der Waals surface area contributed by atoms with Gasteiger partial charge in [0.1, 0.15) is 0 Å². The summed E-state index contributed by atoms with van der Waals surface area (Å²) >= 11 is 7.48. The first-order valence-electron chi connectivity index (χ1n) is 6.92. The molecule has 4 unspecified atom stereocenters. The predicted octanol–water partition coefficient (Wildman–Crippen LogP) is 4.11. The number of thioether (sulfide) groups is 1. The van der Waals surface area contributed by atoms with Gasteiger partial charge >= 0.3 is 0 Å². The fraction of sp³-hybridized carbons (Fsp3) is 0.714. The van der Waals surface area contributed by atoms with Crippen LogP contribution < -0.4 is 5.73 Å². The second-order valence-electron chi connectivity index (χ2n) is 5.21. The summed E-state index contributed by atoms with van der Waals surface area (Å²) in [6.45, 7) is 8.01. The van der Waals surface area contributed by atoms with Crippen molar-refractivity contribution in [3.63, 3.8) is 0 Å². The van der Waals surface area contributed by atoms with Gasteiger partial charge in [-0.3, -0.25) is 4.90 Å². The maximum atomic E-state index is 6.44. The van der Waals surface area contributed by atoms with Gasteiger partial charge in [0.05, 0.1) is 9.83 Å². The lowest BCUT2D eigenvalue weighted by Crippen LogP contribution is -2.51. The van der Waals surface area contributed by atoms with Crippen LogP contribution in [0.5, 0.6) is 0 Å². The van der Waals surface area contributed by atoms with Crippen molar-refractivity contribution in [1.29, 1.82) is 0 Å². The lowest BCUT2D eigenvalue weighted by molar-refractivity contribution is 0.127. The number of rotatable bonds is 4. The summed E-state index contributed by atoms with van der Waals surface area (Å²) in [5, 5.41) is 0.684. The normalized spacial score (nSPS) is 28.3. The zero-order valence-electron chi connectivity index (χ0n) is 11.8. The molecule has 0 bridgehead atoms. The van der Waals surface area contributed by atoms with Crippen molar-refractivity contribution >= 4 is 39.0 Å². The van der Waals surface area contributed by atoms with Crippen molar-refractivity contribution in [2.75, 3.05) is 12.3 Å². The Bertz CT molecular complexity index is 410. The Kier molecular flexibility index (Phi) is 5.78. The standard InChI is InChI=1S/C14H23BrN2S2/c1-4-11(16)14(12-5-6-13(15)19-12)17-7-8-18-10(3)9(17)2/h5-6,9-11,14H,4,7-8,16H2,1-3H3. The molecule has 1 aromatic rings. The number of hydrogen-bond donors (Lipinski definition) is 1. The van der Waals surface area contributed by atoms with Gasteiger partial charge < -0.3 is 5.73 Å². The molecule has 1 fully saturated rings. The summed E-state index contributed by atoms with van der Waals surface area (Å²) in [4.78, 5) is 4.01.